The molecule has 0 bridgehead atoms. The highest BCUT2D eigenvalue weighted by molar-refractivity contribution is 5.99. The van der Waals surface area contributed by atoms with Crippen LogP contribution in [0, 0.1) is 19.7 Å². The summed E-state index contributed by atoms with van der Waals surface area (Å²) in [6.07, 6.45) is 1.14. The second kappa shape index (κ2) is 9.42. The van der Waals surface area contributed by atoms with E-state index in [1.165, 1.54) is 46.3 Å². The van der Waals surface area contributed by atoms with Gasteiger partial charge in [0.05, 0.1) is 12.2 Å². The van der Waals surface area contributed by atoms with E-state index in [1.807, 2.05) is 26.0 Å². The van der Waals surface area contributed by atoms with Gasteiger partial charge in [0, 0.05) is 25.5 Å². The molecule has 0 spiro atoms. The lowest BCUT2D eigenvalue weighted by Gasteiger charge is -2.22. The minimum Gasteiger partial charge on any atom is -0.423 e. The predicted octanol–water partition coefficient (Wildman–Crippen LogP) is 3.43. The third-order valence-corrected chi connectivity index (χ3v) is 5.78. The maximum Gasteiger partial charge on any atom is 0.416 e. The normalized spacial score (nSPS) is 15.4. The molecule has 1 aliphatic heterocycles. The van der Waals surface area contributed by atoms with Gasteiger partial charge in [0.1, 0.15) is 18.3 Å². The van der Waals surface area contributed by atoms with Gasteiger partial charge in [-0.3, -0.25) is 14.5 Å². The van der Waals surface area contributed by atoms with Crippen molar-refractivity contribution in [1.29, 1.82) is 0 Å². The van der Waals surface area contributed by atoms with Crippen LogP contribution in [0.25, 0.3) is 5.69 Å². The molecule has 1 fully saturated rings. The molecule has 10 heteroatoms. The van der Waals surface area contributed by atoms with Crippen molar-refractivity contribution < 1.29 is 23.5 Å². The van der Waals surface area contributed by atoms with Crippen LogP contribution in [0.4, 0.5) is 14.9 Å². The number of aryl methyl sites for hydroxylation is 2. The van der Waals surface area contributed by atoms with Crippen LogP contribution in [-0.4, -0.2) is 57.3 Å². The molecule has 1 atom stereocenters. The summed E-state index contributed by atoms with van der Waals surface area (Å²) < 4.78 is 21.2. The zero-order chi connectivity index (χ0) is 24.4. The number of likely N-dealkylation sites (N-methyl/N-ethyl adjacent to an activating group) is 1. The number of hydrogen-bond acceptors (Lipinski definition) is 6. The van der Waals surface area contributed by atoms with Crippen molar-refractivity contribution in [3.05, 3.63) is 71.6 Å². The first-order valence-electron chi connectivity index (χ1n) is 10.7. The monoisotopic (exact) mass is 465 g/mol. The van der Waals surface area contributed by atoms with Gasteiger partial charge in [-0.2, -0.15) is 5.10 Å². The van der Waals surface area contributed by atoms with Gasteiger partial charge in [-0.1, -0.05) is 23.8 Å². The Hall–Kier alpha value is -4.08. The third-order valence-electron chi connectivity index (χ3n) is 5.78. The standard InChI is InChI=1S/C24H24FN5O4/c1-15-4-6-18(16(2)10-15)21(31)8-9-22(32)28(3)23-12-29(24(33)34-23)17-5-7-20(19(25)11-17)30-14-26-13-27-30/h4-7,10-11,13-14,23H,8-9,12H2,1-3H3. The Balaban J connectivity index is 1.38. The molecular formula is C24H24FN5O4. The quantitative estimate of drug-likeness (QED) is 0.496. The second-order valence-corrected chi connectivity index (χ2v) is 8.17. The number of aromatic nitrogens is 3. The molecule has 4 rings (SSSR count). The molecule has 0 saturated carbocycles. The highest BCUT2D eigenvalue weighted by Crippen LogP contribution is 2.26. The number of cyclic esters (lactones) is 1. The number of amides is 2. The van der Waals surface area contributed by atoms with Crippen LogP contribution < -0.4 is 4.90 Å². The molecular weight excluding hydrogens is 441 g/mol. The largest absolute Gasteiger partial charge is 0.423 e. The summed E-state index contributed by atoms with van der Waals surface area (Å²) in [5.74, 6) is -1.04. The number of benzene rings is 2. The van der Waals surface area contributed by atoms with E-state index in [1.54, 1.807) is 12.1 Å². The average molecular weight is 465 g/mol. The van der Waals surface area contributed by atoms with E-state index in [0.29, 0.717) is 11.3 Å². The van der Waals surface area contributed by atoms with Gasteiger partial charge in [0.25, 0.3) is 0 Å². The number of carbonyl (C=O) groups is 3. The highest BCUT2D eigenvalue weighted by atomic mass is 19.1. The lowest BCUT2D eigenvalue weighted by atomic mass is 9.99. The van der Waals surface area contributed by atoms with E-state index in [-0.39, 0.29) is 36.8 Å². The van der Waals surface area contributed by atoms with Crippen LogP contribution in [0.5, 0.6) is 0 Å². The molecule has 1 unspecified atom stereocenters. The minimum atomic E-state index is -0.853. The fourth-order valence-electron chi connectivity index (χ4n) is 3.86. The van der Waals surface area contributed by atoms with Crippen LogP contribution in [-0.2, 0) is 9.53 Å². The van der Waals surface area contributed by atoms with Gasteiger partial charge < -0.3 is 9.64 Å². The molecule has 1 aromatic heterocycles. The Morgan fingerprint density at radius 2 is 1.97 bits per heavy atom. The molecule has 1 aliphatic rings. The zero-order valence-corrected chi connectivity index (χ0v) is 19.1. The molecule has 0 radical (unpaired) electrons. The lowest BCUT2D eigenvalue weighted by molar-refractivity contribution is -0.136. The third kappa shape index (κ3) is 4.66. The maximum absolute atomic E-state index is 14.6. The lowest BCUT2D eigenvalue weighted by Crippen LogP contribution is -2.40. The number of ether oxygens (including phenoxy) is 1. The molecule has 0 N–H and O–H groups in total. The fraction of sp³-hybridized carbons (Fsp3) is 0.292. The average Bonchev–Trinajstić information content (AvgIpc) is 3.46. The SMILES string of the molecule is Cc1ccc(C(=O)CCC(=O)N(C)C2CN(c3ccc(-n4cncn4)c(F)c3)C(=O)O2)c(C)c1. The summed E-state index contributed by atoms with van der Waals surface area (Å²) in [5.41, 5.74) is 3.00. The molecule has 176 valence electrons. The van der Waals surface area contributed by atoms with Crippen LogP contribution in [0.2, 0.25) is 0 Å². The first-order valence-corrected chi connectivity index (χ1v) is 10.7. The highest BCUT2D eigenvalue weighted by Gasteiger charge is 2.37. The van der Waals surface area contributed by atoms with Gasteiger partial charge >= 0.3 is 6.09 Å². The number of carbonyl (C=O) groups excluding carboxylic acids is 3. The Morgan fingerprint density at radius 3 is 2.65 bits per heavy atom. The summed E-state index contributed by atoms with van der Waals surface area (Å²) in [6.45, 7) is 3.85. The summed E-state index contributed by atoms with van der Waals surface area (Å²) in [4.78, 5) is 44.0. The molecule has 2 heterocycles. The van der Waals surface area contributed by atoms with E-state index in [0.717, 1.165) is 11.1 Å². The zero-order valence-electron chi connectivity index (χ0n) is 19.1. The predicted molar refractivity (Wildman–Crippen MR) is 121 cm³/mol. The van der Waals surface area contributed by atoms with Crippen LogP contribution in [0.1, 0.15) is 34.3 Å². The summed E-state index contributed by atoms with van der Waals surface area (Å²) in [6, 6.07) is 9.80. The Bertz CT molecular complexity index is 1240. The first-order chi connectivity index (χ1) is 16.2. The molecule has 34 heavy (non-hydrogen) atoms. The molecule has 3 aromatic rings. The fourth-order valence-corrected chi connectivity index (χ4v) is 3.86. The Labute approximate surface area is 195 Å². The Morgan fingerprint density at radius 1 is 1.18 bits per heavy atom. The number of hydrogen-bond donors (Lipinski definition) is 0. The molecule has 1 saturated heterocycles. The number of rotatable bonds is 7. The number of halogens is 1. The van der Waals surface area contributed by atoms with Gasteiger partial charge in [0.15, 0.2) is 17.8 Å². The number of anilines is 1. The van der Waals surface area contributed by atoms with Crippen LogP contribution in [0.3, 0.4) is 0 Å². The van der Waals surface area contributed by atoms with E-state index in [2.05, 4.69) is 10.1 Å². The molecule has 2 amide bonds. The smallest absolute Gasteiger partial charge is 0.416 e. The number of ketones is 1. The molecule has 2 aromatic carbocycles. The minimum absolute atomic E-state index is 0.0159. The van der Waals surface area contributed by atoms with Crippen molar-refractivity contribution in [2.45, 2.75) is 32.9 Å². The van der Waals surface area contributed by atoms with Crippen molar-refractivity contribution in [3.8, 4) is 5.69 Å². The maximum atomic E-state index is 14.6. The summed E-state index contributed by atoms with van der Waals surface area (Å²) in [7, 11) is 1.51. The van der Waals surface area contributed by atoms with E-state index in [9.17, 15) is 18.8 Å². The van der Waals surface area contributed by atoms with Gasteiger partial charge in [-0.05, 0) is 37.6 Å². The number of nitrogens with zero attached hydrogens (tertiary/aromatic N) is 5. The van der Waals surface area contributed by atoms with E-state index in [4.69, 9.17) is 4.74 Å². The summed E-state index contributed by atoms with van der Waals surface area (Å²) in [5, 5.41) is 3.89. The van der Waals surface area contributed by atoms with Crippen LogP contribution >= 0.6 is 0 Å². The number of Topliss-reactive ketones (excluding diaryl/α,β-unsaturated/α-hetero) is 1. The van der Waals surface area contributed by atoms with E-state index < -0.39 is 18.1 Å². The topological polar surface area (TPSA) is 97.6 Å². The van der Waals surface area contributed by atoms with E-state index >= 15 is 0 Å². The van der Waals surface area contributed by atoms with Crippen molar-refractivity contribution in [2.75, 3.05) is 18.5 Å². The first kappa shape index (κ1) is 23.1. The van der Waals surface area contributed by atoms with Gasteiger partial charge in [-0.25, -0.2) is 18.9 Å². The van der Waals surface area contributed by atoms with Crippen LogP contribution in [0.15, 0.2) is 49.1 Å². The van der Waals surface area contributed by atoms with Crippen molar-refractivity contribution in [1.82, 2.24) is 19.7 Å². The molecule has 9 nitrogen and oxygen atoms in total. The van der Waals surface area contributed by atoms with Gasteiger partial charge in [0.2, 0.25) is 5.91 Å². The van der Waals surface area contributed by atoms with Crippen molar-refractivity contribution >= 4 is 23.5 Å². The van der Waals surface area contributed by atoms with Crippen molar-refractivity contribution in [3.63, 3.8) is 0 Å². The Kier molecular flexibility index (Phi) is 6.40. The van der Waals surface area contributed by atoms with Crippen molar-refractivity contribution in [2.24, 2.45) is 0 Å². The molecule has 0 aliphatic carbocycles. The summed E-state index contributed by atoms with van der Waals surface area (Å²) >= 11 is 0. The van der Waals surface area contributed by atoms with Gasteiger partial charge in [-0.15, -0.1) is 0 Å². The second-order valence-electron chi connectivity index (χ2n) is 8.17.